The van der Waals surface area contributed by atoms with Gasteiger partial charge in [0.25, 0.3) is 0 Å². The van der Waals surface area contributed by atoms with Crippen LogP contribution in [0.2, 0.25) is 0 Å². The number of rotatable bonds is 5. The molecule has 1 aromatic rings. The molecule has 0 radical (unpaired) electrons. The molecule has 2 saturated heterocycles. The first-order valence-corrected chi connectivity index (χ1v) is 15.0. The number of nitrogens with zero attached hydrogens (tertiary/aromatic N) is 2. The monoisotopic (exact) mass is 575 g/mol. The molecule has 1 unspecified atom stereocenters. The lowest BCUT2D eigenvalue weighted by Crippen LogP contribution is -2.46. The molecule has 9 nitrogen and oxygen atoms in total. The van der Waals surface area contributed by atoms with Crippen LogP contribution in [0.25, 0.3) is 6.08 Å². The zero-order valence-corrected chi connectivity index (χ0v) is 25.1. The fourth-order valence-corrected chi connectivity index (χ4v) is 6.74. The summed E-state index contributed by atoms with van der Waals surface area (Å²) in [5, 5.41) is 34.4. The van der Waals surface area contributed by atoms with Crippen LogP contribution >= 0.6 is 11.3 Å². The normalized spacial score (nSPS) is 38.3. The molecule has 2 fully saturated rings. The summed E-state index contributed by atoms with van der Waals surface area (Å²) < 4.78 is 5.96. The number of carbonyl (C=O) groups is 2. The van der Waals surface area contributed by atoms with Crippen LogP contribution in [-0.2, 0) is 20.9 Å². The number of nitrogens with two attached hydrogens (primary N) is 1. The number of β-amino-alcohol motifs (C(OH)–C–C–N with tert-alkyl or cyclic N) is 1. The molecule has 3 heterocycles. The van der Waals surface area contributed by atoms with E-state index in [4.69, 9.17) is 16.9 Å². The smallest absolute Gasteiger partial charge is 0.309 e. The summed E-state index contributed by atoms with van der Waals surface area (Å²) in [4.78, 5) is 33.3. The second kappa shape index (κ2) is 13.2. The van der Waals surface area contributed by atoms with Gasteiger partial charge in [-0.05, 0) is 51.2 Å². The number of ether oxygens (including phenoxy) is 1. The first-order chi connectivity index (χ1) is 18.8. The maximum absolute atomic E-state index is 13.4. The molecule has 0 bridgehead atoms. The summed E-state index contributed by atoms with van der Waals surface area (Å²) in [6, 6.07) is 0.0605. The van der Waals surface area contributed by atoms with Crippen LogP contribution < -0.4 is 5.73 Å². The zero-order valence-electron chi connectivity index (χ0n) is 24.3. The van der Waals surface area contributed by atoms with Crippen molar-refractivity contribution in [3.05, 3.63) is 21.7 Å². The third-order valence-corrected chi connectivity index (χ3v) is 9.94. The number of Topliss-reactive ketones (excluding diaryl/α,β-unsaturated/α-hetero) is 1. The second-order valence-corrected chi connectivity index (χ2v) is 12.8. The van der Waals surface area contributed by atoms with E-state index in [2.05, 4.69) is 22.7 Å². The Bertz CT molecular complexity index is 1130. The molecule has 5 N–H and O–H groups in total. The number of cyclic esters (lactones) is 1. The minimum Gasteiger partial charge on any atom is -0.458 e. The molecule has 9 atom stereocenters. The Hall–Kier alpha value is -2.13. The van der Waals surface area contributed by atoms with Crippen LogP contribution in [0.1, 0.15) is 77.4 Å². The molecular weight excluding hydrogens is 530 g/mol. The van der Waals surface area contributed by atoms with Crippen molar-refractivity contribution in [2.24, 2.45) is 23.0 Å². The lowest BCUT2D eigenvalue weighted by molar-refractivity contribution is -0.153. The minimum atomic E-state index is -1.66. The van der Waals surface area contributed by atoms with Gasteiger partial charge in [-0.1, -0.05) is 26.2 Å². The van der Waals surface area contributed by atoms with E-state index in [1.807, 2.05) is 25.3 Å². The van der Waals surface area contributed by atoms with E-state index in [1.54, 1.807) is 6.92 Å². The number of thiazole rings is 1. The fraction of sp³-hybridized carbons (Fsp3) is 0.700. The van der Waals surface area contributed by atoms with Crippen LogP contribution in [0, 0.1) is 29.6 Å². The van der Waals surface area contributed by atoms with Gasteiger partial charge in [0, 0.05) is 42.4 Å². The molecule has 0 amide bonds. The first-order valence-electron chi connectivity index (χ1n) is 14.1. The van der Waals surface area contributed by atoms with E-state index in [0.29, 0.717) is 25.9 Å². The molecule has 2 aliphatic heterocycles. The number of esters is 1. The van der Waals surface area contributed by atoms with Crippen LogP contribution in [0.5, 0.6) is 0 Å². The highest BCUT2D eigenvalue weighted by Crippen LogP contribution is 2.48. The van der Waals surface area contributed by atoms with Crippen molar-refractivity contribution in [2.45, 2.75) is 103 Å². The molecule has 40 heavy (non-hydrogen) atoms. The third kappa shape index (κ3) is 6.84. The Morgan fingerprint density at radius 2 is 2.05 bits per heavy atom. The van der Waals surface area contributed by atoms with E-state index in [-0.39, 0.29) is 24.1 Å². The number of hydrogen-bond acceptors (Lipinski definition) is 10. The Morgan fingerprint density at radius 3 is 2.65 bits per heavy atom. The van der Waals surface area contributed by atoms with Crippen molar-refractivity contribution in [2.75, 3.05) is 13.2 Å². The molecule has 0 aliphatic carbocycles. The summed E-state index contributed by atoms with van der Waals surface area (Å²) in [6.45, 7) is 9.85. The van der Waals surface area contributed by atoms with Crippen molar-refractivity contribution in [3.8, 4) is 12.3 Å². The number of ketones is 1. The molecule has 222 valence electrons. The van der Waals surface area contributed by atoms with Crippen LogP contribution in [0.4, 0.5) is 0 Å². The second-order valence-electron chi connectivity index (χ2n) is 11.8. The average molecular weight is 576 g/mol. The predicted octanol–water partition coefficient (Wildman–Crippen LogP) is 2.52. The molecule has 0 spiro atoms. The van der Waals surface area contributed by atoms with Crippen molar-refractivity contribution in [3.63, 3.8) is 0 Å². The summed E-state index contributed by atoms with van der Waals surface area (Å²) >= 11 is 1.46. The first kappa shape index (κ1) is 32.4. The van der Waals surface area contributed by atoms with Gasteiger partial charge < -0.3 is 25.8 Å². The fourth-order valence-electron chi connectivity index (χ4n) is 6.11. The van der Waals surface area contributed by atoms with E-state index < -0.39 is 47.8 Å². The highest BCUT2D eigenvalue weighted by atomic mass is 32.1. The summed E-state index contributed by atoms with van der Waals surface area (Å²) in [7, 11) is 0. The van der Waals surface area contributed by atoms with Crippen LogP contribution in [-0.4, -0.2) is 80.0 Å². The Balaban J connectivity index is 1.96. The van der Waals surface area contributed by atoms with Crippen molar-refractivity contribution >= 4 is 29.2 Å². The third-order valence-electron chi connectivity index (χ3n) is 9.05. The Labute approximate surface area is 241 Å². The number of terminal acetylenes is 1. The molecular formula is C30H45N3O6S. The maximum Gasteiger partial charge on any atom is 0.309 e. The molecule has 10 heteroatoms. The summed E-state index contributed by atoms with van der Waals surface area (Å²) in [5.74, 6) is 0.264. The molecule has 1 aromatic heterocycles. The van der Waals surface area contributed by atoms with Crippen molar-refractivity contribution in [1.82, 2.24) is 9.88 Å². The lowest BCUT2D eigenvalue weighted by Gasteiger charge is -2.33. The van der Waals surface area contributed by atoms with Crippen molar-refractivity contribution < 1.29 is 29.6 Å². The Morgan fingerprint density at radius 1 is 1.35 bits per heavy atom. The van der Waals surface area contributed by atoms with E-state index in [9.17, 15) is 24.9 Å². The Kier molecular flexibility index (Phi) is 10.7. The number of fused-ring (bicyclic) bond motifs is 1. The van der Waals surface area contributed by atoms with Crippen molar-refractivity contribution in [1.29, 1.82) is 0 Å². The highest BCUT2D eigenvalue weighted by Gasteiger charge is 2.58. The zero-order chi connectivity index (χ0) is 29.8. The molecule has 0 saturated carbocycles. The average Bonchev–Trinajstić information content (AvgIpc) is 3.23. The van der Waals surface area contributed by atoms with Gasteiger partial charge in [0.1, 0.15) is 16.5 Å². The van der Waals surface area contributed by atoms with Gasteiger partial charge in [-0.3, -0.25) is 14.5 Å². The summed E-state index contributed by atoms with van der Waals surface area (Å²) in [5.41, 5.74) is 5.37. The lowest BCUT2D eigenvalue weighted by atomic mass is 9.72. The number of aliphatic hydroxyl groups is 3. The predicted molar refractivity (Wildman–Crippen MR) is 155 cm³/mol. The van der Waals surface area contributed by atoms with E-state index in [1.165, 1.54) is 18.3 Å². The van der Waals surface area contributed by atoms with E-state index >= 15 is 0 Å². The quantitative estimate of drug-likeness (QED) is 0.236. The topological polar surface area (TPSA) is 146 Å². The number of aliphatic hydroxyl groups excluding tert-OH is 3. The van der Waals surface area contributed by atoms with Crippen LogP contribution in [0.3, 0.4) is 0 Å². The van der Waals surface area contributed by atoms with Gasteiger partial charge in [0.2, 0.25) is 0 Å². The van der Waals surface area contributed by atoms with Gasteiger partial charge in [-0.25, -0.2) is 4.98 Å². The highest BCUT2D eigenvalue weighted by molar-refractivity contribution is 7.09. The van der Waals surface area contributed by atoms with Gasteiger partial charge in [-0.15, -0.1) is 17.8 Å². The molecule has 2 aliphatic rings. The maximum atomic E-state index is 13.4. The standard InChI is InChI=1S/C30H45N3O6S/c1-7-29(5)24(35)15-26(36)39-22(19(3)13-21-17-40-25(16-31)32-21)14-23-30(6,33(23)11-12-34)10-8-9-18(2)27(37)20(4)28(29)38/h1,13,17-18,20,22-24,27,34-35,37H,8-12,14-16,31H2,2-6H3/b19-13+/t18-,20+,22-,23-,24-,27-,29+,30+,33?/m0/s1. The van der Waals surface area contributed by atoms with Crippen LogP contribution in [0.15, 0.2) is 11.0 Å². The number of hydrogen-bond donors (Lipinski definition) is 4. The van der Waals surface area contributed by atoms with Gasteiger partial charge in [0.05, 0.1) is 30.9 Å². The largest absolute Gasteiger partial charge is 0.458 e. The minimum absolute atomic E-state index is 0.0116. The molecule has 3 rings (SSSR count). The SMILES string of the molecule is C#C[C@@]1(C)C(=O)[C@H](C)[C@@H](O)[C@@H](C)CCC[C@]2(C)[C@H](C[C@@H](/C(C)=C/c3csc(CN)n3)OC(=O)C[C@@H]1O)N2CCO. The van der Waals surface area contributed by atoms with Gasteiger partial charge in [-0.2, -0.15) is 0 Å². The number of aromatic nitrogens is 1. The van der Waals surface area contributed by atoms with Gasteiger partial charge in [0.15, 0.2) is 5.78 Å². The summed E-state index contributed by atoms with van der Waals surface area (Å²) in [6.07, 6.45) is 6.93. The van der Waals surface area contributed by atoms with Gasteiger partial charge >= 0.3 is 5.97 Å². The van der Waals surface area contributed by atoms with E-state index in [0.717, 1.165) is 29.1 Å². The molecule has 0 aromatic carbocycles. The number of carbonyl (C=O) groups excluding carboxylic acids is 2.